The molecule has 0 spiro atoms. The molecule has 6 nitrogen and oxygen atoms in total. The largest absolute Gasteiger partial charge is 0.420 e. The summed E-state index contributed by atoms with van der Waals surface area (Å²) in [5.74, 6) is -0.649. The number of hydrogen-bond acceptors (Lipinski definition) is 4. The average molecular weight is 331 g/mol. The summed E-state index contributed by atoms with van der Waals surface area (Å²) in [7, 11) is 0. The van der Waals surface area contributed by atoms with E-state index in [0.717, 1.165) is 19.5 Å². The Morgan fingerprint density at radius 3 is 3.00 bits per heavy atom. The van der Waals surface area contributed by atoms with Gasteiger partial charge in [-0.15, -0.1) is 0 Å². The highest BCUT2D eigenvalue weighted by atomic mass is 16.4. The van der Waals surface area contributed by atoms with E-state index in [0.29, 0.717) is 23.7 Å². The Kier molecular flexibility index (Phi) is 5.35. The van der Waals surface area contributed by atoms with E-state index in [4.69, 9.17) is 4.42 Å². The van der Waals surface area contributed by atoms with E-state index in [2.05, 4.69) is 17.1 Å². The van der Waals surface area contributed by atoms with Crippen LogP contribution in [0.15, 0.2) is 33.5 Å². The molecule has 1 unspecified atom stereocenters. The van der Waals surface area contributed by atoms with Gasteiger partial charge in [-0.1, -0.05) is 18.6 Å². The maximum absolute atomic E-state index is 12.1. The molecule has 130 valence electrons. The third kappa shape index (κ3) is 3.87. The Labute approximate surface area is 141 Å². The van der Waals surface area contributed by atoms with Crippen molar-refractivity contribution in [2.24, 2.45) is 0 Å². The van der Waals surface area contributed by atoms with E-state index in [1.807, 2.05) is 6.07 Å². The van der Waals surface area contributed by atoms with Crippen LogP contribution in [-0.2, 0) is 11.3 Å². The Balaban J connectivity index is 1.47. The monoisotopic (exact) mass is 331 g/mol. The minimum absolute atomic E-state index is 0.00400. The predicted octanol–water partition coefficient (Wildman–Crippen LogP) is 1.98. The van der Waals surface area contributed by atoms with Crippen molar-refractivity contribution in [1.29, 1.82) is 0 Å². The molecular weight excluding hydrogens is 306 g/mol. The van der Waals surface area contributed by atoms with Crippen LogP contribution in [0, 0.1) is 0 Å². The summed E-state index contributed by atoms with van der Waals surface area (Å²) in [6, 6.07) is 7.78. The SMILES string of the molecule is CC1CCCCN1CCCNC(=O)Cn1c(=O)oc2ccccc21. The number of benzene rings is 1. The zero-order chi connectivity index (χ0) is 16.9. The highest BCUT2D eigenvalue weighted by Gasteiger charge is 2.17. The molecule has 6 heteroatoms. The lowest BCUT2D eigenvalue weighted by atomic mass is 10.0. The second-order valence-corrected chi connectivity index (χ2v) is 6.51. The first-order chi connectivity index (χ1) is 11.6. The standard InChI is InChI=1S/C18H25N3O3/c1-14-7-4-5-11-20(14)12-6-10-19-17(22)13-21-15-8-2-3-9-16(15)24-18(21)23/h2-3,8-9,14H,4-7,10-13H2,1H3,(H,19,22). The smallest absolute Gasteiger partial charge is 0.408 e. The number of piperidine rings is 1. The van der Waals surface area contributed by atoms with Gasteiger partial charge in [-0.25, -0.2) is 4.79 Å². The topological polar surface area (TPSA) is 67.5 Å². The Morgan fingerprint density at radius 1 is 1.33 bits per heavy atom. The number of hydrogen-bond donors (Lipinski definition) is 1. The van der Waals surface area contributed by atoms with Crippen molar-refractivity contribution < 1.29 is 9.21 Å². The van der Waals surface area contributed by atoms with Crippen LogP contribution in [0.1, 0.15) is 32.6 Å². The lowest BCUT2D eigenvalue weighted by molar-refractivity contribution is -0.121. The molecule has 0 saturated carbocycles. The molecule has 1 aliphatic rings. The van der Waals surface area contributed by atoms with Crippen LogP contribution in [0.2, 0.25) is 0 Å². The van der Waals surface area contributed by atoms with Gasteiger partial charge in [0.15, 0.2) is 5.58 Å². The van der Waals surface area contributed by atoms with Crippen LogP contribution in [0.5, 0.6) is 0 Å². The number of likely N-dealkylation sites (tertiary alicyclic amines) is 1. The number of aromatic nitrogens is 1. The molecule has 1 saturated heterocycles. The second-order valence-electron chi connectivity index (χ2n) is 6.51. The first-order valence-corrected chi connectivity index (χ1v) is 8.74. The van der Waals surface area contributed by atoms with Crippen LogP contribution in [0.3, 0.4) is 0 Å². The van der Waals surface area contributed by atoms with E-state index >= 15 is 0 Å². The first-order valence-electron chi connectivity index (χ1n) is 8.74. The molecule has 1 aliphatic heterocycles. The summed E-state index contributed by atoms with van der Waals surface area (Å²) in [6.45, 7) is 5.07. The van der Waals surface area contributed by atoms with Crippen molar-refractivity contribution in [3.63, 3.8) is 0 Å². The summed E-state index contributed by atoms with van der Waals surface area (Å²) >= 11 is 0. The minimum Gasteiger partial charge on any atom is -0.408 e. The van der Waals surface area contributed by atoms with Crippen molar-refractivity contribution in [2.75, 3.05) is 19.6 Å². The normalized spacial score (nSPS) is 18.8. The fraction of sp³-hybridized carbons (Fsp3) is 0.556. The molecule has 1 fully saturated rings. The summed E-state index contributed by atoms with van der Waals surface area (Å²) in [4.78, 5) is 26.4. The Morgan fingerprint density at radius 2 is 2.17 bits per heavy atom. The molecule has 2 aromatic rings. The van der Waals surface area contributed by atoms with Gasteiger partial charge in [0.05, 0.1) is 5.52 Å². The molecule has 3 rings (SSSR count). The highest BCUT2D eigenvalue weighted by Crippen LogP contribution is 2.16. The number of fused-ring (bicyclic) bond motifs is 1. The number of para-hydroxylation sites is 2. The molecular formula is C18H25N3O3. The third-order valence-electron chi connectivity index (χ3n) is 4.76. The number of rotatable bonds is 6. The predicted molar refractivity (Wildman–Crippen MR) is 93.0 cm³/mol. The zero-order valence-electron chi connectivity index (χ0n) is 14.2. The van der Waals surface area contributed by atoms with E-state index in [1.165, 1.54) is 23.8 Å². The number of carbonyl (C=O) groups is 1. The molecule has 1 aromatic carbocycles. The summed E-state index contributed by atoms with van der Waals surface area (Å²) in [5, 5.41) is 2.90. The molecule has 24 heavy (non-hydrogen) atoms. The van der Waals surface area contributed by atoms with Gasteiger partial charge in [0, 0.05) is 19.1 Å². The van der Waals surface area contributed by atoms with E-state index < -0.39 is 5.76 Å². The van der Waals surface area contributed by atoms with E-state index in [1.54, 1.807) is 18.2 Å². The molecule has 0 aliphatic carbocycles. The number of carbonyl (C=O) groups excluding carboxylic acids is 1. The van der Waals surface area contributed by atoms with Gasteiger partial charge in [-0.2, -0.15) is 0 Å². The maximum atomic E-state index is 12.1. The maximum Gasteiger partial charge on any atom is 0.420 e. The van der Waals surface area contributed by atoms with Crippen LogP contribution < -0.4 is 11.1 Å². The van der Waals surface area contributed by atoms with Gasteiger partial charge in [0.2, 0.25) is 5.91 Å². The highest BCUT2D eigenvalue weighted by molar-refractivity contribution is 5.79. The molecule has 1 amide bonds. The lowest BCUT2D eigenvalue weighted by Gasteiger charge is -2.33. The fourth-order valence-electron chi connectivity index (χ4n) is 3.36. The van der Waals surface area contributed by atoms with Gasteiger partial charge in [-0.3, -0.25) is 9.36 Å². The van der Waals surface area contributed by atoms with Crippen molar-refractivity contribution >= 4 is 17.0 Å². The van der Waals surface area contributed by atoms with Crippen LogP contribution >= 0.6 is 0 Å². The number of oxazole rings is 1. The summed E-state index contributed by atoms with van der Waals surface area (Å²) in [5.41, 5.74) is 1.16. The lowest BCUT2D eigenvalue weighted by Crippen LogP contribution is -2.39. The summed E-state index contributed by atoms with van der Waals surface area (Å²) in [6.07, 6.45) is 4.79. The van der Waals surface area contributed by atoms with Gasteiger partial charge >= 0.3 is 5.76 Å². The Bertz CT molecular complexity index is 749. The number of amides is 1. The molecule has 2 heterocycles. The van der Waals surface area contributed by atoms with Gasteiger partial charge in [0.1, 0.15) is 6.54 Å². The summed E-state index contributed by atoms with van der Waals surface area (Å²) < 4.78 is 6.51. The van der Waals surface area contributed by atoms with Crippen LogP contribution in [0.25, 0.3) is 11.1 Å². The molecule has 1 aromatic heterocycles. The fourth-order valence-corrected chi connectivity index (χ4v) is 3.36. The van der Waals surface area contributed by atoms with Crippen molar-refractivity contribution in [3.8, 4) is 0 Å². The van der Waals surface area contributed by atoms with Gasteiger partial charge in [0.25, 0.3) is 0 Å². The van der Waals surface area contributed by atoms with Crippen molar-refractivity contribution in [3.05, 3.63) is 34.8 Å². The minimum atomic E-state index is -0.492. The van der Waals surface area contributed by atoms with Gasteiger partial charge < -0.3 is 14.6 Å². The van der Waals surface area contributed by atoms with Crippen molar-refractivity contribution in [1.82, 2.24) is 14.8 Å². The second kappa shape index (κ2) is 7.66. The number of nitrogens with zero attached hydrogens (tertiary/aromatic N) is 2. The zero-order valence-corrected chi connectivity index (χ0v) is 14.2. The third-order valence-corrected chi connectivity index (χ3v) is 4.76. The van der Waals surface area contributed by atoms with E-state index in [9.17, 15) is 9.59 Å². The Hall–Kier alpha value is -2.08. The molecule has 1 atom stereocenters. The number of nitrogens with one attached hydrogen (secondary N) is 1. The molecule has 1 N–H and O–H groups in total. The molecule has 0 bridgehead atoms. The van der Waals surface area contributed by atoms with E-state index in [-0.39, 0.29) is 12.5 Å². The average Bonchev–Trinajstić information content (AvgIpc) is 2.89. The first kappa shape index (κ1) is 16.8. The van der Waals surface area contributed by atoms with Gasteiger partial charge in [-0.05, 0) is 44.9 Å². The van der Waals surface area contributed by atoms with Crippen LogP contribution in [-0.4, -0.2) is 41.1 Å². The molecule has 0 radical (unpaired) electrons. The quantitative estimate of drug-likeness (QED) is 0.822. The van der Waals surface area contributed by atoms with Crippen molar-refractivity contribution in [2.45, 2.75) is 45.2 Å². The van der Waals surface area contributed by atoms with Crippen LogP contribution in [0.4, 0.5) is 0 Å².